The standard InChI is InChI=1S/C19H26N4O2/c1-14-4-2-9-23-15(11-21-18(14)23)10-17(25)22-8-3-6-19(13-22)12-20-7-5-16(19)24/h2,4,9,11,16,20,24H,3,5-8,10,12-13H2,1H3/t16-,19-/m0/s1. The molecule has 25 heavy (non-hydrogen) atoms. The molecule has 2 aliphatic rings. The van der Waals surface area contributed by atoms with E-state index in [0.29, 0.717) is 13.0 Å². The summed E-state index contributed by atoms with van der Waals surface area (Å²) in [5.74, 6) is 0.125. The number of carbonyl (C=O) groups excluding carboxylic acids is 1. The number of likely N-dealkylation sites (tertiary alicyclic amines) is 1. The number of pyridine rings is 1. The van der Waals surface area contributed by atoms with Crippen LogP contribution in [-0.2, 0) is 11.2 Å². The highest BCUT2D eigenvalue weighted by atomic mass is 16.3. The highest BCUT2D eigenvalue weighted by molar-refractivity contribution is 5.79. The predicted molar refractivity (Wildman–Crippen MR) is 95.4 cm³/mol. The molecule has 2 N–H and O–H groups in total. The number of nitrogens with zero attached hydrogens (tertiary/aromatic N) is 3. The van der Waals surface area contributed by atoms with E-state index in [1.165, 1.54) is 0 Å². The molecular formula is C19H26N4O2. The molecular weight excluding hydrogens is 316 g/mol. The summed E-state index contributed by atoms with van der Waals surface area (Å²) in [6, 6.07) is 4.01. The van der Waals surface area contributed by atoms with Crippen LogP contribution < -0.4 is 5.32 Å². The van der Waals surface area contributed by atoms with Crippen molar-refractivity contribution in [1.82, 2.24) is 19.6 Å². The summed E-state index contributed by atoms with van der Waals surface area (Å²) < 4.78 is 2.00. The van der Waals surface area contributed by atoms with Crippen LogP contribution in [0.4, 0.5) is 0 Å². The van der Waals surface area contributed by atoms with Gasteiger partial charge in [0.2, 0.25) is 5.91 Å². The number of nitrogens with one attached hydrogen (secondary N) is 1. The number of hydrogen-bond donors (Lipinski definition) is 2. The number of carbonyl (C=O) groups is 1. The van der Waals surface area contributed by atoms with E-state index in [1.54, 1.807) is 6.20 Å². The Labute approximate surface area is 147 Å². The van der Waals surface area contributed by atoms with Crippen LogP contribution in [-0.4, -0.2) is 57.6 Å². The molecule has 0 bridgehead atoms. The maximum Gasteiger partial charge on any atom is 0.228 e. The largest absolute Gasteiger partial charge is 0.392 e. The zero-order valence-corrected chi connectivity index (χ0v) is 14.7. The smallest absolute Gasteiger partial charge is 0.228 e. The van der Waals surface area contributed by atoms with Crippen molar-refractivity contribution in [3.05, 3.63) is 35.8 Å². The van der Waals surface area contributed by atoms with E-state index in [1.807, 2.05) is 34.6 Å². The number of aliphatic hydroxyl groups excluding tert-OH is 1. The molecule has 2 saturated heterocycles. The molecule has 2 fully saturated rings. The van der Waals surface area contributed by atoms with Crippen molar-refractivity contribution in [3.63, 3.8) is 0 Å². The van der Waals surface area contributed by atoms with Crippen LogP contribution in [0, 0.1) is 12.3 Å². The van der Waals surface area contributed by atoms with Gasteiger partial charge in [-0.05, 0) is 44.4 Å². The van der Waals surface area contributed by atoms with Crippen molar-refractivity contribution in [1.29, 1.82) is 0 Å². The van der Waals surface area contributed by atoms with Crippen LogP contribution in [0.5, 0.6) is 0 Å². The van der Waals surface area contributed by atoms with Crippen LogP contribution >= 0.6 is 0 Å². The topological polar surface area (TPSA) is 69.9 Å². The molecule has 6 heteroatoms. The number of aromatic nitrogens is 2. The average molecular weight is 342 g/mol. The molecule has 0 aromatic carbocycles. The van der Waals surface area contributed by atoms with Crippen LogP contribution in [0.3, 0.4) is 0 Å². The summed E-state index contributed by atoms with van der Waals surface area (Å²) in [5, 5.41) is 13.9. The molecule has 2 atom stereocenters. The van der Waals surface area contributed by atoms with Crippen LogP contribution in [0.2, 0.25) is 0 Å². The number of imidazole rings is 1. The van der Waals surface area contributed by atoms with Gasteiger partial charge in [-0.1, -0.05) is 6.07 Å². The van der Waals surface area contributed by atoms with E-state index >= 15 is 0 Å². The third-order valence-corrected chi connectivity index (χ3v) is 5.88. The first-order valence-electron chi connectivity index (χ1n) is 9.17. The molecule has 0 radical (unpaired) electrons. The van der Waals surface area contributed by atoms with Crippen LogP contribution in [0.15, 0.2) is 24.5 Å². The third-order valence-electron chi connectivity index (χ3n) is 5.88. The molecule has 6 nitrogen and oxygen atoms in total. The summed E-state index contributed by atoms with van der Waals surface area (Å²) in [4.78, 5) is 19.3. The first-order valence-corrected chi connectivity index (χ1v) is 9.17. The number of hydrogen-bond acceptors (Lipinski definition) is 4. The van der Waals surface area contributed by atoms with Crippen LogP contribution in [0.25, 0.3) is 5.65 Å². The van der Waals surface area contributed by atoms with Crippen molar-refractivity contribution in [3.8, 4) is 0 Å². The average Bonchev–Trinajstić information content (AvgIpc) is 3.02. The molecule has 4 heterocycles. The van der Waals surface area contributed by atoms with E-state index in [2.05, 4.69) is 10.3 Å². The Hall–Kier alpha value is -1.92. The summed E-state index contributed by atoms with van der Waals surface area (Å²) in [6.07, 6.45) is 6.51. The lowest BCUT2D eigenvalue weighted by atomic mass is 9.72. The van der Waals surface area contributed by atoms with E-state index < -0.39 is 0 Å². The Morgan fingerprint density at radius 3 is 3.24 bits per heavy atom. The SMILES string of the molecule is Cc1cccn2c(CC(=O)N3CCC[C@]4(CNCC[C@@H]4O)C3)cnc12. The van der Waals surface area contributed by atoms with Gasteiger partial charge in [-0.15, -0.1) is 0 Å². The van der Waals surface area contributed by atoms with Gasteiger partial charge in [0.15, 0.2) is 0 Å². The second-order valence-electron chi connectivity index (χ2n) is 7.57. The Balaban J connectivity index is 1.51. The van der Waals surface area contributed by atoms with Crippen molar-refractivity contribution >= 4 is 11.6 Å². The number of fused-ring (bicyclic) bond motifs is 1. The van der Waals surface area contributed by atoms with Gasteiger partial charge in [0.05, 0.1) is 18.2 Å². The fourth-order valence-electron chi connectivity index (χ4n) is 4.39. The van der Waals surface area contributed by atoms with E-state index in [0.717, 1.165) is 55.8 Å². The molecule has 2 aliphatic heterocycles. The highest BCUT2D eigenvalue weighted by Gasteiger charge is 2.44. The quantitative estimate of drug-likeness (QED) is 0.859. The van der Waals surface area contributed by atoms with Crippen molar-refractivity contribution < 1.29 is 9.90 Å². The Morgan fingerprint density at radius 1 is 1.52 bits per heavy atom. The zero-order chi connectivity index (χ0) is 17.4. The second kappa shape index (κ2) is 6.42. The Kier molecular flexibility index (Phi) is 4.25. The van der Waals surface area contributed by atoms with E-state index in [4.69, 9.17) is 0 Å². The number of aliphatic hydroxyl groups is 1. The minimum absolute atomic E-state index is 0.125. The lowest BCUT2D eigenvalue weighted by Gasteiger charge is -2.48. The molecule has 0 unspecified atom stereocenters. The van der Waals surface area contributed by atoms with Crippen molar-refractivity contribution in [2.24, 2.45) is 5.41 Å². The first kappa shape index (κ1) is 16.5. The molecule has 1 spiro atoms. The second-order valence-corrected chi connectivity index (χ2v) is 7.57. The van der Waals surface area contributed by atoms with Gasteiger partial charge in [0.1, 0.15) is 5.65 Å². The summed E-state index contributed by atoms with van der Waals surface area (Å²) >= 11 is 0. The molecule has 2 aromatic heterocycles. The lowest BCUT2D eigenvalue weighted by molar-refractivity contribution is -0.137. The number of piperidine rings is 2. The maximum absolute atomic E-state index is 12.9. The van der Waals surface area contributed by atoms with Gasteiger partial charge in [-0.2, -0.15) is 0 Å². The molecule has 1 amide bonds. The van der Waals surface area contributed by atoms with Gasteiger partial charge in [-0.3, -0.25) is 4.79 Å². The molecule has 0 aliphatic carbocycles. The van der Waals surface area contributed by atoms with Gasteiger partial charge in [0.25, 0.3) is 0 Å². The summed E-state index contributed by atoms with van der Waals surface area (Å²) in [6.45, 7) is 5.11. The monoisotopic (exact) mass is 342 g/mol. The predicted octanol–water partition coefficient (Wildman–Crippen LogP) is 1.15. The number of rotatable bonds is 2. The zero-order valence-electron chi connectivity index (χ0n) is 14.7. The fraction of sp³-hybridized carbons (Fsp3) is 0.579. The summed E-state index contributed by atoms with van der Waals surface area (Å²) in [5.41, 5.74) is 2.76. The lowest BCUT2D eigenvalue weighted by Crippen LogP contribution is -2.59. The number of aryl methyl sites for hydroxylation is 1. The molecule has 4 rings (SSSR count). The summed E-state index contributed by atoms with van der Waals surface area (Å²) in [7, 11) is 0. The Morgan fingerprint density at radius 2 is 2.40 bits per heavy atom. The maximum atomic E-state index is 12.9. The normalized spacial score (nSPS) is 27.1. The van der Waals surface area contributed by atoms with E-state index in [9.17, 15) is 9.90 Å². The third kappa shape index (κ3) is 2.93. The molecule has 2 aromatic rings. The fourth-order valence-corrected chi connectivity index (χ4v) is 4.39. The van der Waals surface area contributed by atoms with Crippen molar-refractivity contribution in [2.45, 2.75) is 38.7 Å². The molecule has 0 saturated carbocycles. The molecule has 134 valence electrons. The number of amides is 1. The van der Waals surface area contributed by atoms with Crippen LogP contribution in [0.1, 0.15) is 30.5 Å². The van der Waals surface area contributed by atoms with E-state index in [-0.39, 0.29) is 17.4 Å². The highest BCUT2D eigenvalue weighted by Crippen LogP contribution is 2.36. The van der Waals surface area contributed by atoms with Gasteiger partial charge < -0.3 is 19.7 Å². The van der Waals surface area contributed by atoms with Gasteiger partial charge >= 0.3 is 0 Å². The first-order chi connectivity index (χ1) is 12.1. The van der Waals surface area contributed by atoms with Crippen molar-refractivity contribution in [2.75, 3.05) is 26.2 Å². The minimum atomic E-state index is -0.317. The Bertz CT molecular complexity index is 783. The van der Waals surface area contributed by atoms with Gasteiger partial charge in [0, 0.05) is 37.4 Å². The minimum Gasteiger partial charge on any atom is -0.392 e. The van der Waals surface area contributed by atoms with Gasteiger partial charge in [-0.25, -0.2) is 4.98 Å².